The number of ether oxygens (including phenoxy) is 1. The molecule has 92 valence electrons. The average Bonchev–Trinajstić information content (AvgIpc) is 2.78. The maximum atomic E-state index is 12.3. The molecule has 1 N–H and O–H groups in total. The lowest BCUT2D eigenvalue weighted by Crippen LogP contribution is -2.48. The number of rotatable bonds is 3. The van der Waals surface area contributed by atoms with E-state index in [-0.39, 0.29) is 17.9 Å². The molecule has 2 unspecified atom stereocenters. The predicted molar refractivity (Wildman–Crippen MR) is 65.7 cm³/mol. The van der Waals surface area contributed by atoms with Gasteiger partial charge in [0.25, 0.3) is 0 Å². The van der Waals surface area contributed by atoms with Crippen LogP contribution in [0.2, 0.25) is 0 Å². The standard InChI is InChI=1S/C11H20N2O2S/c1-2-12-10-8-15-7-9(10)11(14)13-3-5-16-6-4-13/h9-10,12H,2-8H2,1H3. The van der Waals surface area contributed by atoms with Crippen LogP contribution in [0.1, 0.15) is 6.92 Å². The van der Waals surface area contributed by atoms with Crippen molar-refractivity contribution in [3.05, 3.63) is 0 Å². The Bertz CT molecular complexity index is 244. The van der Waals surface area contributed by atoms with E-state index in [0.717, 1.165) is 31.1 Å². The zero-order chi connectivity index (χ0) is 11.4. The van der Waals surface area contributed by atoms with Gasteiger partial charge in [-0.25, -0.2) is 0 Å². The summed E-state index contributed by atoms with van der Waals surface area (Å²) in [5.74, 6) is 2.46. The van der Waals surface area contributed by atoms with E-state index in [4.69, 9.17) is 4.74 Å². The number of amides is 1. The first kappa shape index (κ1) is 12.2. The van der Waals surface area contributed by atoms with Crippen molar-refractivity contribution in [2.75, 3.05) is 44.4 Å². The summed E-state index contributed by atoms with van der Waals surface area (Å²) in [6.45, 7) is 6.02. The van der Waals surface area contributed by atoms with E-state index < -0.39 is 0 Å². The van der Waals surface area contributed by atoms with E-state index >= 15 is 0 Å². The molecule has 0 aromatic rings. The number of nitrogens with zero attached hydrogens (tertiary/aromatic N) is 1. The summed E-state index contributed by atoms with van der Waals surface area (Å²) in [5, 5.41) is 3.34. The lowest BCUT2D eigenvalue weighted by atomic mass is 10.0. The molecule has 2 saturated heterocycles. The average molecular weight is 244 g/mol. The molecule has 0 aromatic heterocycles. The highest BCUT2D eigenvalue weighted by atomic mass is 32.2. The number of thioether (sulfide) groups is 1. The molecule has 0 radical (unpaired) electrons. The molecule has 0 aliphatic carbocycles. The van der Waals surface area contributed by atoms with E-state index in [1.807, 2.05) is 16.7 Å². The Hall–Kier alpha value is -0.260. The van der Waals surface area contributed by atoms with Gasteiger partial charge in [0.2, 0.25) is 5.91 Å². The van der Waals surface area contributed by atoms with Gasteiger partial charge in [0.15, 0.2) is 0 Å². The molecule has 2 fully saturated rings. The molecule has 0 spiro atoms. The fourth-order valence-corrected chi connectivity index (χ4v) is 3.18. The lowest BCUT2D eigenvalue weighted by Gasteiger charge is -2.30. The molecule has 2 aliphatic heterocycles. The van der Waals surface area contributed by atoms with Gasteiger partial charge < -0.3 is 15.0 Å². The Kier molecular flexibility index (Phi) is 4.49. The van der Waals surface area contributed by atoms with Crippen LogP contribution in [0.15, 0.2) is 0 Å². The first-order chi connectivity index (χ1) is 7.83. The number of hydrogen-bond acceptors (Lipinski definition) is 4. The smallest absolute Gasteiger partial charge is 0.229 e. The highest BCUT2D eigenvalue weighted by Gasteiger charge is 2.36. The van der Waals surface area contributed by atoms with Gasteiger partial charge in [-0.05, 0) is 6.54 Å². The van der Waals surface area contributed by atoms with Crippen LogP contribution in [0.25, 0.3) is 0 Å². The van der Waals surface area contributed by atoms with Gasteiger partial charge in [0, 0.05) is 30.6 Å². The largest absolute Gasteiger partial charge is 0.379 e. The molecule has 0 aromatic carbocycles. The van der Waals surface area contributed by atoms with Gasteiger partial charge >= 0.3 is 0 Å². The van der Waals surface area contributed by atoms with Crippen molar-refractivity contribution in [3.63, 3.8) is 0 Å². The Morgan fingerprint density at radius 2 is 2.19 bits per heavy atom. The van der Waals surface area contributed by atoms with Crippen LogP contribution in [0.5, 0.6) is 0 Å². The first-order valence-electron chi connectivity index (χ1n) is 6.00. The van der Waals surface area contributed by atoms with Crippen molar-refractivity contribution >= 4 is 17.7 Å². The lowest BCUT2D eigenvalue weighted by molar-refractivity contribution is -0.135. The van der Waals surface area contributed by atoms with Crippen LogP contribution in [0, 0.1) is 5.92 Å². The molecule has 2 rings (SSSR count). The Labute approximate surface area is 101 Å². The van der Waals surface area contributed by atoms with E-state index in [1.54, 1.807) is 0 Å². The normalized spacial score (nSPS) is 30.7. The second-order valence-corrected chi connectivity index (χ2v) is 5.47. The molecule has 16 heavy (non-hydrogen) atoms. The first-order valence-corrected chi connectivity index (χ1v) is 7.16. The van der Waals surface area contributed by atoms with Crippen molar-refractivity contribution < 1.29 is 9.53 Å². The quantitative estimate of drug-likeness (QED) is 0.769. The van der Waals surface area contributed by atoms with E-state index in [9.17, 15) is 4.79 Å². The van der Waals surface area contributed by atoms with Crippen LogP contribution in [0.3, 0.4) is 0 Å². The van der Waals surface area contributed by atoms with Crippen LogP contribution in [-0.4, -0.2) is 61.2 Å². The third kappa shape index (κ3) is 2.70. The SMILES string of the molecule is CCNC1COCC1C(=O)N1CCSCC1. The molecule has 2 heterocycles. The predicted octanol–water partition coefficient (Wildman–Crippen LogP) is 0.186. The molecule has 0 saturated carbocycles. The number of hydrogen-bond donors (Lipinski definition) is 1. The number of nitrogens with one attached hydrogen (secondary N) is 1. The van der Waals surface area contributed by atoms with Gasteiger partial charge in [0.1, 0.15) is 0 Å². The Morgan fingerprint density at radius 3 is 2.88 bits per heavy atom. The van der Waals surface area contributed by atoms with Gasteiger partial charge in [0.05, 0.1) is 19.1 Å². The van der Waals surface area contributed by atoms with Crippen molar-refractivity contribution in [2.45, 2.75) is 13.0 Å². The van der Waals surface area contributed by atoms with Gasteiger partial charge in [-0.15, -0.1) is 0 Å². The molecule has 2 aliphatic rings. The Morgan fingerprint density at radius 1 is 1.44 bits per heavy atom. The zero-order valence-electron chi connectivity index (χ0n) is 9.78. The van der Waals surface area contributed by atoms with E-state index in [2.05, 4.69) is 12.2 Å². The highest BCUT2D eigenvalue weighted by molar-refractivity contribution is 7.99. The van der Waals surface area contributed by atoms with Crippen LogP contribution in [0.4, 0.5) is 0 Å². The molecule has 4 nitrogen and oxygen atoms in total. The summed E-state index contributed by atoms with van der Waals surface area (Å²) >= 11 is 1.93. The molecule has 0 bridgehead atoms. The van der Waals surface area contributed by atoms with Crippen LogP contribution in [-0.2, 0) is 9.53 Å². The van der Waals surface area contributed by atoms with Crippen molar-refractivity contribution in [2.24, 2.45) is 5.92 Å². The minimum absolute atomic E-state index is 0.0306. The minimum Gasteiger partial charge on any atom is -0.379 e. The Balaban J connectivity index is 1.91. The molecule has 5 heteroatoms. The second kappa shape index (κ2) is 5.89. The summed E-state index contributed by atoms with van der Waals surface area (Å²) in [6, 6.07) is 0.215. The van der Waals surface area contributed by atoms with E-state index in [0.29, 0.717) is 13.2 Å². The van der Waals surface area contributed by atoms with E-state index in [1.165, 1.54) is 0 Å². The summed E-state index contributed by atoms with van der Waals surface area (Å²) in [7, 11) is 0. The summed E-state index contributed by atoms with van der Waals surface area (Å²) < 4.78 is 5.42. The van der Waals surface area contributed by atoms with Gasteiger partial charge in [-0.3, -0.25) is 4.79 Å². The summed E-state index contributed by atoms with van der Waals surface area (Å²) in [6.07, 6.45) is 0. The van der Waals surface area contributed by atoms with Gasteiger partial charge in [-0.2, -0.15) is 11.8 Å². The summed E-state index contributed by atoms with van der Waals surface area (Å²) in [5.41, 5.74) is 0. The second-order valence-electron chi connectivity index (χ2n) is 4.25. The zero-order valence-corrected chi connectivity index (χ0v) is 10.6. The third-order valence-corrected chi connectivity index (χ3v) is 4.13. The minimum atomic E-state index is 0.0306. The van der Waals surface area contributed by atoms with Crippen LogP contribution >= 0.6 is 11.8 Å². The highest BCUT2D eigenvalue weighted by Crippen LogP contribution is 2.19. The fraction of sp³-hybridized carbons (Fsp3) is 0.909. The van der Waals surface area contributed by atoms with Crippen molar-refractivity contribution in [3.8, 4) is 0 Å². The van der Waals surface area contributed by atoms with Gasteiger partial charge in [-0.1, -0.05) is 6.92 Å². The maximum Gasteiger partial charge on any atom is 0.229 e. The maximum absolute atomic E-state index is 12.3. The number of likely N-dealkylation sites (N-methyl/N-ethyl adjacent to an activating group) is 1. The molecular weight excluding hydrogens is 224 g/mol. The number of carbonyl (C=O) groups is 1. The molecule has 2 atom stereocenters. The third-order valence-electron chi connectivity index (χ3n) is 3.19. The van der Waals surface area contributed by atoms with Crippen molar-refractivity contribution in [1.29, 1.82) is 0 Å². The monoisotopic (exact) mass is 244 g/mol. The van der Waals surface area contributed by atoms with Crippen molar-refractivity contribution in [1.82, 2.24) is 10.2 Å². The molecule has 1 amide bonds. The fourth-order valence-electron chi connectivity index (χ4n) is 2.28. The molecular formula is C11H20N2O2S. The van der Waals surface area contributed by atoms with Crippen LogP contribution < -0.4 is 5.32 Å². The summed E-state index contributed by atoms with van der Waals surface area (Å²) in [4.78, 5) is 14.3. The topological polar surface area (TPSA) is 41.6 Å². The number of carbonyl (C=O) groups excluding carboxylic acids is 1.